The Morgan fingerprint density at radius 1 is 1.26 bits per heavy atom. The number of aromatic nitrogens is 1. The van der Waals surface area contributed by atoms with Crippen molar-refractivity contribution in [3.8, 4) is 0 Å². The van der Waals surface area contributed by atoms with Crippen molar-refractivity contribution < 1.29 is 18.5 Å². The monoisotopic (exact) mass is 371 g/mol. The molecule has 0 saturated carbocycles. The van der Waals surface area contributed by atoms with E-state index in [0.29, 0.717) is 25.4 Å². The van der Waals surface area contributed by atoms with Crippen molar-refractivity contribution in [2.24, 2.45) is 5.92 Å². The molecule has 3 saturated heterocycles. The Labute approximate surface area is 156 Å². The van der Waals surface area contributed by atoms with Gasteiger partial charge in [0.1, 0.15) is 11.6 Å². The maximum atomic E-state index is 14.1. The molecule has 5 rings (SSSR count). The van der Waals surface area contributed by atoms with Crippen molar-refractivity contribution in [3.05, 3.63) is 52.7 Å². The van der Waals surface area contributed by atoms with E-state index in [1.54, 1.807) is 17.0 Å². The summed E-state index contributed by atoms with van der Waals surface area (Å²) in [6.07, 6.45) is 1.59. The van der Waals surface area contributed by atoms with Crippen LogP contribution in [0.1, 0.15) is 40.2 Å². The molecule has 2 amide bonds. The predicted molar refractivity (Wildman–Crippen MR) is 95.3 cm³/mol. The van der Waals surface area contributed by atoms with E-state index in [1.807, 2.05) is 18.7 Å². The van der Waals surface area contributed by atoms with Crippen LogP contribution in [0.5, 0.6) is 0 Å². The number of fused-ring (bicyclic) bond motifs is 4. The third kappa shape index (κ3) is 3.11. The summed E-state index contributed by atoms with van der Waals surface area (Å²) in [6.45, 7) is 4.88. The number of hydrogen-bond acceptors (Lipinski definition) is 4. The first-order valence-electron chi connectivity index (χ1n) is 9.21. The molecule has 1 aromatic heterocycles. The van der Waals surface area contributed by atoms with Gasteiger partial charge in [0.2, 0.25) is 5.91 Å². The fraction of sp³-hybridized carbons (Fsp3) is 0.450. The molecule has 2 atom stereocenters. The average Bonchev–Trinajstić information content (AvgIpc) is 2.83. The molecule has 3 aliphatic heterocycles. The van der Waals surface area contributed by atoms with Gasteiger partial charge in [-0.1, -0.05) is 17.3 Å². The minimum atomic E-state index is -0.530. The number of halogens is 1. The maximum absolute atomic E-state index is 14.1. The predicted octanol–water partition coefficient (Wildman–Crippen LogP) is 2.69. The van der Waals surface area contributed by atoms with Gasteiger partial charge in [-0.15, -0.1) is 0 Å². The first kappa shape index (κ1) is 17.7. The van der Waals surface area contributed by atoms with E-state index in [2.05, 4.69) is 5.16 Å². The standard InChI is InChI=1S/C20H22FN3O3/c1-12-17(13(2)27-22-12)11-24-15-8-7-14(19(24)25)9-23(10-15)20(26)16-5-3-4-6-18(16)21/h3-6,14-15H,7-11H2,1-2H3. The van der Waals surface area contributed by atoms with Gasteiger partial charge < -0.3 is 14.3 Å². The van der Waals surface area contributed by atoms with Gasteiger partial charge in [0.05, 0.1) is 23.7 Å². The fourth-order valence-electron chi connectivity index (χ4n) is 4.12. The Kier molecular flexibility index (Phi) is 4.45. The molecule has 0 radical (unpaired) electrons. The van der Waals surface area contributed by atoms with Crippen LogP contribution in [0, 0.1) is 25.6 Å². The second-order valence-corrected chi connectivity index (χ2v) is 7.39. The summed E-state index contributed by atoms with van der Waals surface area (Å²) >= 11 is 0. The first-order chi connectivity index (χ1) is 13.0. The summed E-state index contributed by atoms with van der Waals surface area (Å²) in [7, 11) is 0. The van der Waals surface area contributed by atoms with Gasteiger partial charge in [-0.25, -0.2) is 4.39 Å². The number of rotatable bonds is 3. The lowest BCUT2D eigenvalue weighted by molar-refractivity contribution is -0.140. The number of hydrogen-bond donors (Lipinski definition) is 0. The number of piperidine rings is 1. The Bertz CT molecular complexity index is 875. The van der Waals surface area contributed by atoms with Crippen LogP contribution >= 0.6 is 0 Å². The molecular weight excluding hydrogens is 349 g/mol. The molecule has 3 aliphatic rings. The number of amides is 2. The van der Waals surface area contributed by atoms with E-state index in [4.69, 9.17) is 4.52 Å². The highest BCUT2D eigenvalue weighted by molar-refractivity contribution is 5.95. The number of nitrogens with zero attached hydrogens (tertiary/aromatic N) is 3. The highest BCUT2D eigenvalue weighted by atomic mass is 19.1. The van der Waals surface area contributed by atoms with Crippen molar-refractivity contribution in [2.75, 3.05) is 13.1 Å². The molecule has 0 N–H and O–H groups in total. The molecule has 6 nitrogen and oxygen atoms in total. The molecule has 2 aromatic rings. The largest absolute Gasteiger partial charge is 0.361 e. The molecule has 2 bridgehead atoms. The Balaban J connectivity index is 1.59. The summed E-state index contributed by atoms with van der Waals surface area (Å²) < 4.78 is 19.3. The zero-order valence-corrected chi connectivity index (χ0v) is 15.4. The van der Waals surface area contributed by atoms with Crippen molar-refractivity contribution in [1.29, 1.82) is 0 Å². The number of benzene rings is 1. The smallest absolute Gasteiger partial charge is 0.256 e. The van der Waals surface area contributed by atoms with E-state index < -0.39 is 5.82 Å². The van der Waals surface area contributed by atoms with Crippen LogP contribution in [0.3, 0.4) is 0 Å². The molecule has 7 heteroatoms. The van der Waals surface area contributed by atoms with Crippen LogP contribution in [0.4, 0.5) is 4.39 Å². The molecule has 0 aliphatic carbocycles. The van der Waals surface area contributed by atoms with Crippen molar-refractivity contribution in [2.45, 2.75) is 39.3 Å². The summed E-state index contributed by atoms with van der Waals surface area (Å²) in [5.41, 5.74) is 1.76. The quantitative estimate of drug-likeness (QED) is 0.832. The molecule has 2 unspecified atom stereocenters. The summed E-state index contributed by atoms with van der Waals surface area (Å²) in [4.78, 5) is 29.3. The van der Waals surface area contributed by atoms with Crippen LogP contribution in [0.25, 0.3) is 0 Å². The minimum absolute atomic E-state index is 0.0510. The summed E-state index contributed by atoms with van der Waals surface area (Å²) in [6, 6.07) is 5.91. The first-order valence-corrected chi connectivity index (χ1v) is 9.21. The number of carbonyl (C=O) groups is 2. The average molecular weight is 371 g/mol. The van der Waals surface area contributed by atoms with Gasteiger partial charge in [0.15, 0.2) is 0 Å². The van der Waals surface area contributed by atoms with E-state index in [0.717, 1.165) is 24.1 Å². The lowest BCUT2D eigenvalue weighted by Crippen LogP contribution is -2.47. The van der Waals surface area contributed by atoms with Gasteiger partial charge in [0.25, 0.3) is 5.91 Å². The van der Waals surface area contributed by atoms with Crippen molar-refractivity contribution >= 4 is 11.8 Å². The van der Waals surface area contributed by atoms with Gasteiger partial charge in [-0.3, -0.25) is 9.59 Å². The van der Waals surface area contributed by atoms with Gasteiger partial charge in [0, 0.05) is 24.7 Å². The molecular formula is C20H22FN3O3. The highest BCUT2D eigenvalue weighted by Gasteiger charge is 2.42. The topological polar surface area (TPSA) is 66.7 Å². The van der Waals surface area contributed by atoms with Gasteiger partial charge in [-0.2, -0.15) is 0 Å². The third-order valence-electron chi connectivity index (χ3n) is 5.69. The molecule has 4 heterocycles. The van der Waals surface area contributed by atoms with E-state index in [1.165, 1.54) is 12.1 Å². The Hall–Kier alpha value is -2.70. The zero-order chi connectivity index (χ0) is 19.1. The number of carbonyl (C=O) groups excluding carboxylic acids is 2. The maximum Gasteiger partial charge on any atom is 0.256 e. The van der Waals surface area contributed by atoms with E-state index >= 15 is 0 Å². The van der Waals surface area contributed by atoms with Gasteiger partial charge >= 0.3 is 0 Å². The van der Waals surface area contributed by atoms with Crippen LogP contribution in [0.15, 0.2) is 28.8 Å². The van der Waals surface area contributed by atoms with Crippen LogP contribution in [0.2, 0.25) is 0 Å². The summed E-state index contributed by atoms with van der Waals surface area (Å²) in [5.74, 6) is -0.371. The van der Waals surface area contributed by atoms with Crippen LogP contribution in [-0.2, 0) is 11.3 Å². The second-order valence-electron chi connectivity index (χ2n) is 7.39. The SMILES string of the molecule is Cc1noc(C)c1CN1C(=O)C2CCC1CN(C(=O)c1ccccc1F)C2. The Morgan fingerprint density at radius 2 is 2.04 bits per heavy atom. The highest BCUT2D eigenvalue weighted by Crippen LogP contribution is 2.32. The number of aryl methyl sites for hydroxylation is 2. The molecule has 27 heavy (non-hydrogen) atoms. The zero-order valence-electron chi connectivity index (χ0n) is 15.4. The van der Waals surface area contributed by atoms with Crippen molar-refractivity contribution in [1.82, 2.24) is 15.0 Å². The molecule has 3 fully saturated rings. The minimum Gasteiger partial charge on any atom is -0.361 e. The third-order valence-corrected chi connectivity index (χ3v) is 5.69. The van der Waals surface area contributed by atoms with Crippen LogP contribution < -0.4 is 0 Å². The van der Waals surface area contributed by atoms with Crippen LogP contribution in [-0.4, -0.2) is 45.9 Å². The molecule has 142 valence electrons. The van der Waals surface area contributed by atoms with Gasteiger partial charge in [-0.05, 0) is 38.8 Å². The van der Waals surface area contributed by atoms with E-state index in [-0.39, 0.29) is 29.3 Å². The molecule has 1 aromatic carbocycles. The lowest BCUT2D eigenvalue weighted by Gasteiger charge is -2.35. The normalized spacial score (nSPS) is 22.3. The van der Waals surface area contributed by atoms with E-state index in [9.17, 15) is 14.0 Å². The Morgan fingerprint density at radius 3 is 2.74 bits per heavy atom. The van der Waals surface area contributed by atoms with Crippen molar-refractivity contribution in [3.63, 3.8) is 0 Å². The fourth-order valence-corrected chi connectivity index (χ4v) is 4.12. The molecule has 0 spiro atoms. The summed E-state index contributed by atoms with van der Waals surface area (Å²) in [5, 5.41) is 3.97. The lowest BCUT2D eigenvalue weighted by atomic mass is 9.93. The second kappa shape index (κ2) is 6.79.